The molecule has 76 valence electrons. The highest BCUT2D eigenvalue weighted by Crippen LogP contribution is 2.35. The van der Waals surface area contributed by atoms with Crippen LogP contribution in [-0.4, -0.2) is 11.1 Å². The Kier molecular flexibility index (Phi) is 2.77. The number of hydrogen-bond donors (Lipinski definition) is 0. The standard InChI is InChI=1S/C11H14BrNO/c1-7(2)10-9(14-8-3-4-8)5-6-13-11(10)12/h5-8H,3-4H2,1-2H3. The first kappa shape index (κ1) is 9.97. The number of halogens is 1. The van der Waals surface area contributed by atoms with Crippen molar-refractivity contribution >= 4 is 15.9 Å². The molecule has 0 radical (unpaired) electrons. The summed E-state index contributed by atoms with van der Waals surface area (Å²) >= 11 is 3.47. The van der Waals surface area contributed by atoms with Crippen LogP contribution >= 0.6 is 15.9 Å². The smallest absolute Gasteiger partial charge is 0.127 e. The molecule has 0 bridgehead atoms. The maximum atomic E-state index is 5.83. The number of aromatic nitrogens is 1. The molecular weight excluding hydrogens is 242 g/mol. The third-order valence-corrected chi connectivity index (χ3v) is 2.93. The molecule has 3 heteroatoms. The predicted molar refractivity (Wildman–Crippen MR) is 59.7 cm³/mol. The highest BCUT2D eigenvalue weighted by molar-refractivity contribution is 9.10. The van der Waals surface area contributed by atoms with Crippen molar-refractivity contribution < 1.29 is 4.74 Å². The Labute approximate surface area is 92.8 Å². The van der Waals surface area contributed by atoms with E-state index in [-0.39, 0.29) is 0 Å². The van der Waals surface area contributed by atoms with Gasteiger partial charge in [0, 0.05) is 11.8 Å². The van der Waals surface area contributed by atoms with E-state index in [4.69, 9.17) is 4.74 Å². The lowest BCUT2D eigenvalue weighted by atomic mass is 10.1. The Hall–Kier alpha value is -0.570. The largest absolute Gasteiger partial charge is 0.490 e. The minimum Gasteiger partial charge on any atom is -0.490 e. The summed E-state index contributed by atoms with van der Waals surface area (Å²) in [6.45, 7) is 4.31. The highest BCUT2D eigenvalue weighted by atomic mass is 79.9. The van der Waals surface area contributed by atoms with E-state index in [1.54, 1.807) is 6.20 Å². The van der Waals surface area contributed by atoms with E-state index in [1.807, 2.05) is 6.07 Å². The summed E-state index contributed by atoms with van der Waals surface area (Å²) in [6.07, 6.45) is 4.62. The molecule has 0 aromatic carbocycles. The second-order valence-electron chi connectivity index (χ2n) is 3.99. The second-order valence-corrected chi connectivity index (χ2v) is 4.74. The molecule has 0 unspecified atom stereocenters. The number of hydrogen-bond acceptors (Lipinski definition) is 2. The molecule has 1 aliphatic carbocycles. The number of pyridine rings is 1. The molecule has 1 fully saturated rings. The maximum absolute atomic E-state index is 5.83. The molecule has 1 heterocycles. The highest BCUT2D eigenvalue weighted by Gasteiger charge is 2.25. The zero-order chi connectivity index (χ0) is 10.1. The molecule has 1 saturated carbocycles. The van der Waals surface area contributed by atoms with E-state index in [0.717, 1.165) is 10.4 Å². The van der Waals surface area contributed by atoms with E-state index in [2.05, 4.69) is 34.8 Å². The van der Waals surface area contributed by atoms with Crippen LogP contribution in [0.2, 0.25) is 0 Å². The first-order valence-electron chi connectivity index (χ1n) is 4.99. The first-order chi connectivity index (χ1) is 6.68. The number of rotatable bonds is 3. The van der Waals surface area contributed by atoms with Crippen molar-refractivity contribution in [2.45, 2.75) is 38.7 Å². The van der Waals surface area contributed by atoms with Crippen molar-refractivity contribution in [3.63, 3.8) is 0 Å². The molecule has 1 aromatic rings. The quantitative estimate of drug-likeness (QED) is 0.772. The second kappa shape index (κ2) is 3.89. The van der Waals surface area contributed by atoms with Crippen LogP contribution in [0.3, 0.4) is 0 Å². The zero-order valence-electron chi connectivity index (χ0n) is 8.46. The minimum absolute atomic E-state index is 0.437. The molecule has 0 amide bonds. The van der Waals surface area contributed by atoms with Crippen LogP contribution in [-0.2, 0) is 0 Å². The topological polar surface area (TPSA) is 22.1 Å². The normalized spacial score (nSPS) is 16.0. The Morgan fingerprint density at radius 2 is 2.21 bits per heavy atom. The van der Waals surface area contributed by atoms with Gasteiger partial charge in [0.25, 0.3) is 0 Å². The summed E-state index contributed by atoms with van der Waals surface area (Å²) in [5, 5.41) is 0. The van der Waals surface area contributed by atoms with Crippen LogP contribution in [0.15, 0.2) is 16.9 Å². The zero-order valence-corrected chi connectivity index (χ0v) is 10.0. The summed E-state index contributed by atoms with van der Waals surface area (Å²) in [6, 6.07) is 1.96. The van der Waals surface area contributed by atoms with Gasteiger partial charge in [0.1, 0.15) is 10.4 Å². The van der Waals surface area contributed by atoms with E-state index in [1.165, 1.54) is 18.4 Å². The van der Waals surface area contributed by atoms with Crippen molar-refractivity contribution in [1.82, 2.24) is 4.98 Å². The SMILES string of the molecule is CC(C)c1c(OC2CC2)ccnc1Br. The number of nitrogens with zero attached hydrogens (tertiary/aromatic N) is 1. The summed E-state index contributed by atoms with van der Waals surface area (Å²) in [5.74, 6) is 1.43. The third-order valence-electron chi connectivity index (χ3n) is 2.30. The van der Waals surface area contributed by atoms with E-state index < -0.39 is 0 Å². The fraction of sp³-hybridized carbons (Fsp3) is 0.545. The van der Waals surface area contributed by atoms with Crippen molar-refractivity contribution in [3.8, 4) is 5.75 Å². The van der Waals surface area contributed by atoms with Crippen LogP contribution in [0.1, 0.15) is 38.2 Å². The van der Waals surface area contributed by atoms with Crippen LogP contribution < -0.4 is 4.74 Å². The average molecular weight is 256 g/mol. The molecule has 0 atom stereocenters. The van der Waals surface area contributed by atoms with Crippen LogP contribution in [0.5, 0.6) is 5.75 Å². The van der Waals surface area contributed by atoms with Gasteiger partial charge >= 0.3 is 0 Å². The molecule has 0 saturated heterocycles. The van der Waals surface area contributed by atoms with Gasteiger partial charge in [-0.25, -0.2) is 4.98 Å². The van der Waals surface area contributed by atoms with Crippen molar-refractivity contribution in [3.05, 3.63) is 22.4 Å². The molecule has 14 heavy (non-hydrogen) atoms. The van der Waals surface area contributed by atoms with Crippen LogP contribution in [0, 0.1) is 0 Å². The third kappa shape index (κ3) is 2.08. The summed E-state index contributed by atoms with van der Waals surface area (Å²) in [4.78, 5) is 4.23. The molecule has 0 aliphatic heterocycles. The van der Waals surface area contributed by atoms with Crippen LogP contribution in [0.4, 0.5) is 0 Å². The molecule has 0 spiro atoms. The molecule has 2 nitrogen and oxygen atoms in total. The van der Waals surface area contributed by atoms with Gasteiger partial charge in [-0.05, 0) is 40.8 Å². The van der Waals surface area contributed by atoms with Gasteiger partial charge in [0.05, 0.1) is 6.10 Å². The molecular formula is C11H14BrNO. The lowest BCUT2D eigenvalue weighted by Crippen LogP contribution is -2.02. The number of ether oxygens (including phenoxy) is 1. The van der Waals surface area contributed by atoms with Gasteiger partial charge in [-0.3, -0.25) is 0 Å². The Balaban J connectivity index is 2.30. The Bertz CT molecular complexity index is 334. The predicted octanol–water partition coefficient (Wildman–Crippen LogP) is 3.51. The molecule has 0 N–H and O–H groups in total. The van der Waals surface area contributed by atoms with Gasteiger partial charge < -0.3 is 4.74 Å². The Morgan fingerprint density at radius 1 is 1.50 bits per heavy atom. The average Bonchev–Trinajstić information content (AvgIpc) is 2.87. The van der Waals surface area contributed by atoms with Gasteiger partial charge in [-0.15, -0.1) is 0 Å². The van der Waals surface area contributed by atoms with E-state index >= 15 is 0 Å². The van der Waals surface area contributed by atoms with Gasteiger partial charge in [-0.2, -0.15) is 0 Å². The molecule has 2 rings (SSSR count). The van der Waals surface area contributed by atoms with Gasteiger partial charge in [0.15, 0.2) is 0 Å². The first-order valence-corrected chi connectivity index (χ1v) is 5.79. The summed E-state index contributed by atoms with van der Waals surface area (Å²) < 4.78 is 6.74. The van der Waals surface area contributed by atoms with Gasteiger partial charge in [-0.1, -0.05) is 13.8 Å². The minimum atomic E-state index is 0.437. The fourth-order valence-electron chi connectivity index (χ4n) is 1.42. The fourth-order valence-corrected chi connectivity index (χ4v) is 2.19. The summed E-state index contributed by atoms with van der Waals surface area (Å²) in [7, 11) is 0. The molecule has 1 aliphatic rings. The monoisotopic (exact) mass is 255 g/mol. The van der Waals surface area contributed by atoms with E-state index in [0.29, 0.717) is 12.0 Å². The van der Waals surface area contributed by atoms with Crippen molar-refractivity contribution in [2.75, 3.05) is 0 Å². The van der Waals surface area contributed by atoms with Crippen LogP contribution in [0.25, 0.3) is 0 Å². The lowest BCUT2D eigenvalue weighted by molar-refractivity contribution is 0.298. The maximum Gasteiger partial charge on any atom is 0.127 e. The summed E-state index contributed by atoms with van der Waals surface area (Å²) in [5.41, 5.74) is 1.18. The van der Waals surface area contributed by atoms with Crippen molar-refractivity contribution in [1.29, 1.82) is 0 Å². The van der Waals surface area contributed by atoms with E-state index in [9.17, 15) is 0 Å². The lowest BCUT2D eigenvalue weighted by Gasteiger charge is -2.14. The van der Waals surface area contributed by atoms with Crippen molar-refractivity contribution in [2.24, 2.45) is 0 Å². The molecule has 1 aromatic heterocycles. The van der Waals surface area contributed by atoms with Gasteiger partial charge in [0.2, 0.25) is 0 Å². The Morgan fingerprint density at radius 3 is 2.79 bits per heavy atom.